The second-order valence-corrected chi connectivity index (χ2v) is 5.64. The normalized spacial score (nSPS) is 18.0. The first kappa shape index (κ1) is 14.5. The topological polar surface area (TPSA) is 54.0 Å². The van der Waals surface area contributed by atoms with Gasteiger partial charge in [0.25, 0.3) is 5.91 Å². The highest BCUT2D eigenvalue weighted by molar-refractivity contribution is 6.21. The van der Waals surface area contributed by atoms with Crippen molar-refractivity contribution in [3.8, 4) is 0 Å². The van der Waals surface area contributed by atoms with Crippen LogP contribution in [0.4, 0.5) is 5.69 Å². The summed E-state index contributed by atoms with van der Waals surface area (Å²) in [5, 5.41) is 1.95. The monoisotopic (exact) mass is 295 g/mol. The Balaban J connectivity index is 1.70. The van der Waals surface area contributed by atoms with Crippen LogP contribution in [0.3, 0.4) is 0 Å². The minimum Gasteiger partial charge on any atom is -0.332 e. The van der Waals surface area contributed by atoms with Crippen LogP contribution in [0.15, 0.2) is 54.6 Å². The molecule has 0 saturated carbocycles. The van der Waals surface area contributed by atoms with Gasteiger partial charge in [0.05, 0.1) is 12.1 Å². The number of hydrogen-bond acceptors (Lipinski definition) is 2. The van der Waals surface area contributed by atoms with E-state index in [1.807, 2.05) is 66.8 Å². The standard InChI is InChI=1S/C18H18N2O2/c1-13-7-9-15(10-8-13)20-17(21)11-16(18(20)22)19-12-14-5-3-2-4-6-14/h2-10,16,19H,11-12H2,1H3/p+1. The predicted octanol–water partition coefficient (Wildman–Crippen LogP) is 1.39. The molecule has 0 radical (unpaired) electrons. The van der Waals surface area contributed by atoms with E-state index in [2.05, 4.69) is 0 Å². The molecule has 2 aromatic carbocycles. The molecule has 0 aliphatic carbocycles. The molecule has 1 unspecified atom stereocenters. The number of imide groups is 1. The number of quaternary nitrogens is 1. The maximum absolute atomic E-state index is 12.5. The van der Waals surface area contributed by atoms with E-state index in [9.17, 15) is 9.59 Å². The fraction of sp³-hybridized carbons (Fsp3) is 0.222. The smallest absolute Gasteiger partial charge is 0.292 e. The van der Waals surface area contributed by atoms with Gasteiger partial charge in [-0.15, -0.1) is 0 Å². The molecule has 1 aliphatic heterocycles. The molecule has 1 heterocycles. The van der Waals surface area contributed by atoms with Crippen LogP contribution in [0, 0.1) is 6.92 Å². The van der Waals surface area contributed by atoms with Gasteiger partial charge in [-0.1, -0.05) is 48.0 Å². The van der Waals surface area contributed by atoms with Crippen LogP contribution in [0.2, 0.25) is 0 Å². The van der Waals surface area contributed by atoms with Gasteiger partial charge < -0.3 is 5.32 Å². The maximum atomic E-state index is 12.5. The minimum absolute atomic E-state index is 0.121. The fourth-order valence-corrected chi connectivity index (χ4v) is 2.70. The number of carbonyl (C=O) groups excluding carboxylic acids is 2. The third kappa shape index (κ3) is 2.92. The zero-order chi connectivity index (χ0) is 15.5. The van der Waals surface area contributed by atoms with Gasteiger partial charge >= 0.3 is 0 Å². The van der Waals surface area contributed by atoms with Crippen LogP contribution < -0.4 is 10.2 Å². The Kier molecular flexibility index (Phi) is 4.02. The van der Waals surface area contributed by atoms with Crippen molar-refractivity contribution in [3.05, 3.63) is 65.7 Å². The summed E-state index contributed by atoms with van der Waals surface area (Å²) in [7, 11) is 0. The zero-order valence-electron chi connectivity index (χ0n) is 12.5. The first-order valence-corrected chi connectivity index (χ1v) is 7.46. The van der Waals surface area contributed by atoms with Crippen molar-refractivity contribution in [2.75, 3.05) is 4.90 Å². The highest BCUT2D eigenvalue weighted by Crippen LogP contribution is 2.21. The van der Waals surface area contributed by atoms with Crippen molar-refractivity contribution in [3.63, 3.8) is 0 Å². The van der Waals surface area contributed by atoms with Crippen molar-refractivity contribution in [2.45, 2.75) is 25.9 Å². The molecule has 0 aromatic heterocycles. The Morgan fingerprint density at radius 3 is 2.41 bits per heavy atom. The highest BCUT2D eigenvalue weighted by Gasteiger charge is 2.42. The second-order valence-electron chi connectivity index (χ2n) is 5.64. The number of amides is 2. The molecule has 112 valence electrons. The van der Waals surface area contributed by atoms with Crippen molar-refractivity contribution < 1.29 is 14.9 Å². The summed E-state index contributed by atoms with van der Waals surface area (Å²) in [6, 6.07) is 17.1. The predicted molar refractivity (Wildman–Crippen MR) is 84.1 cm³/mol. The molecule has 22 heavy (non-hydrogen) atoms. The lowest BCUT2D eigenvalue weighted by Gasteiger charge is -2.14. The van der Waals surface area contributed by atoms with Crippen LogP contribution in [-0.2, 0) is 16.1 Å². The lowest BCUT2D eigenvalue weighted by Crippen LogP contribution is -2.90. The number of nitrogens with zero attached hydrogens (tertiary/aromatic N) is 1. The Labute approximate surface area is 129 Å². The third-order valence-electron chi connectivity index (χ3n) is 3.95. The number of rotatable bonds is 4. The Morgan fingerprint density at radius 1 is 1.05 bits per heavy atom. The van der Waals surface area contributed by atoms with Crippen molar-refractivity contribution >= 4 is 17.5 Å². The molecular formula is C18H19N2O2+. The Bertz CT molecular complexity index is 680. The van der Waals surface area contributed by atoms with Gasteiger partial charge in [-0.25, -0.2) is 4.90 Å². The van der Waals surface area contributed by atoms with Gasteiger partial charge in [-0.3, -0.25) is 9.59 Å². The SMILES string of the molecule is Cc1ccc(N2C(=O)CC([NH2+]Cc3ccccc3)C2=O)cc1. The second kappa shape index (κ2) is 6.12. The van der Waals surface area contributed by atoms with E-state index >= 15 is 0 Å². The van der Waals surface area contributed by atoms with Gasteiger partial charge in [0.15, 0.2) is 6.04 Å². The van der Waals surface area contributed by atoms with Crippen LogP contribution in [0.5, 0.6) is 0 Å². The molecule has 2 N–H and O–H groups in total. The Morgan fingerprint density at radius 2 is 1.73 bits per heavy atom. The number of aryl methyl sites for hydroxylation is 1. The highest BCUT2D eigenvalue weighted by atomic mass is 16.2. The first-order valence-electron chi connectivity index (χ1n) is 7.46. The van der Waals surface area contributed by atoms with E-state index in [0.717, 1.165) is 11.1 Å². The van der Waals surface area contributed by atoms with Gasteiger partial charge in [-0.05, 0) is 19.1 Å². The van der Waals surface area contributed by atoms with E-state index < -0.39 is 0 Å². The van der Waals surface area contributed by atoms with Crippen LogP contribution in [-0.4, -0.2) is 17.9 Å². The lowest BCUT2D eigenvalue weighted by molar-refractivity contribution is -0.690. The molecule has 4 nitrogen and oxygen atoms in total. The third-order valence-corrected chi connectivity index (χ3v) is 3.95. The number of hydrogen-bond donors (Lipinski definition) is 1. The molecule has 1 aliphatic rings. The number of carbonyl (C=O) groups is 2. The quantitative estimate of drug-likeness (QED) is 0.867. The van der Waals surface area contributed by atoms with E-state index in [4.69, 9.17) is 0 Å². The zero-order valence-corrected chi connectivity index (χ0v) is 12.5. The molecule has 0 bridgehead atoms. The van der Waals surface area contributed by atoms with E-state index in [1.165, 1.54) is 4.90 Å². The maximum Gasteiger partial charge on any atom is 0.292 e. The molecule has 3 rings (SSSR count). The molecule has 2 amide bonds. The molecule has 1 saturated heterocycles. The van der Waals surface area contributed by atoms with Gasteiger partial charge in [0.1, 0.15) is 6.54 Å². The average molecular weight is 295 g/mol. The summed E-state index contributed by atoms with van der Waals surface area (Å²) in [6.45, 7) is 2.68. The molecule has 1 atom stereocenters. The molecule has 0 spiro atoms. The minimum atomic E-state index is -0.325. The van der Waals surface area contributed by atoms with Crippen LogP contribution in [0.25, 0.3) is 0 Å². The van der Waals surface area contributed by atoms with E-state index in [0.29, 0.717) is 12.2 Å². The summed E-state index contributed by atoms with van der Waals surface area (Å²) in [5.74, 6) is -0.243. The Hall–Kier alpha value is -2.46. The van der Waals surface area contributed by atoms with Crippen molar-refractivity contribution in [2.24, 2.45) is 0 Å². The first-order chi connectivity index (χ1) is 10.6. The summed E-state index contributed by atoms with van der Waals surface area (Å²) >= 11 is 0. The summed E-state index contributed by atoms with van der Waals surface area (Å²) in [4.78, 5) is 26.0. The largest absolute Gasteiger partial charge is 0.332 e. The average Bonchev–Trinajstić information content (AvgIpc) is 2.82. The van der Waals surface area contributed by atoms with Gasteiger partial charge in [0.2, 0.25) is 5.91 Å². The van der Waals surface area contributed by atoms with E-state index in [-0.39, 0.29) is 24.3 Å². The summed E-state index contributed by atoms with van der Waals surface area (Å²) < 4.78 is 0. The van der Waals surface area contributed by atoms with Crippen molar-refractivity contribution in [1.82, 2.24) is 0 Å². The van der Waals surface area contributed by atoms with Crippen LogP contribution in [0.1, 0.15) is 17.5 Å². The lowest BCUT2D eigenvalue weighted by atomic mass is 10.2. The van der Waals surface area contributed by atoms with Crippen LogP contribution >= 0.6 is 0 Å². The van der Waals surface area contributed by atoms with Gasteiger partial charge in [-0.2, -0.15) is 0 Å². The summed E-state index contributed by atoms with van der Waals surface area (Å²) in [5.41, 5.74) is 2.92. The molecule has 1 fully saturated rings. The number of nitrogens with two attached hydrogens (primary N) is 1. The van der Waals surface area contributed by atoms with Gasteiger partial charge in [0, 0.05) is 5.56 Å². The molecule has 4 heteroatoms. The molecule has 2 aromatic rings. The van der Waals surface area contributed by atoms with E-state index in [1.54, 1.807) is 0 Å². The van der Waals surface area contributed by atoms with Crippen molar-refractivity contribution in [1.29, 1.82) is 0 Å². The summed E-state index contributed by atoms with van der Waals surface area (Å²) in [6.07, 6.45) is 0.263. The number of benzene rings is 2. The number of anilines is 1. The molecular weight excluding hydrogens is 276 g/mol. The fourth-order valence-electron chi connectivity index (χ4n) is 2.70.